The number of ether oxygens (including phenoxy) is 1. The summed E-state index contributed by atoms with van der Waals surface area (Å²) in [5.41, 5.74) is 0.706. The van der Waals surface area contributed by atoms with Crippen molar-refractivity contribution >= 4 is 5.91 Å². The Morgan fingerprint density at radius 3 is 3.00 bits per heavy atom. The van der Waals surface area contributed by atoms with Crippen LogP contribution in [0.4, 0.5) is 0 Å². The molecule has 106 valence electrons. The molecule has 2 atom stereocenters. The summed E-state index contributed by atoms with van der Waals surface area (Å²) < 4.78 is 10.7. The van der Waals surface area contributed by atoms with Crippen LogP contribution in [0.3, 0.4) is 0 Å². The van der Waals surface area contributed by atoms with Gasteiger partial charge in [0.2, 0.25) is 5.76 Å². The minimum Gasteiger partial charge on any atom is -0.376 e. The first kappa shape index (κ1) is 14.1. The fourth-order valence-corrected chi connectivity index (χ4v) is 2.46. The maximum absolute atomic E-state index is 11.7. The number of rotatable bonds is 5. The molecule has 0 radical (unpaired) electrons. The third-order valence-electron chi connectivity index (χ3n) is 3.60. The van der Waals surface area contributed by atoms with Crippen molar-refractivity contribution in [2.75, 3.05) is 13.2 Å². The van der Waals surface area contributed by atoms with Crippen LogP contribution in [0.25, 0.3) is 0 Å². The van der Waals surface area contributed by atoms with Crippen LogP contribution in [-0.2, 0) is 4.74 Å². The van der Waals surface area contributed by atoms with Crippen molar-refractivity contribution in [3.63, 3.8) is 0 Å². The minimum absolute atomic E-state index is 0.235. The quantitative estimate of drug-likeness (QED) is 0.831. The van der Waals surface area contributed by atoms with E-state index in [4.69, 9.17) is 9.26 Å². The molecule has 0 aliphatic heterocycles. The Morgan fingerprint density at radius 2 is 2.32 bits per heavy atom. The summed E-state index contributed by atoms with van der Waals surface area (Å²) in [4.78, 5) is 11.7. The highest BCUT2D eigenvalue weighted by Gasteiger charge is 2.21. The standard InChI is InChI=1S/C14H22N2O3/c1-10-5-3-4-6-12(10)18-8-7-15-14(17)13-9-11(2)16-19-13/h9-10,12H,3-8H2,1-2H3,(H,15,17)/t10-,12-/m1/s1. The van der Waals surface area contributed by atoms with Crippen LogP contribution in [0.1, 0.15) is 48.9 Å². The number of aryl methyl sites for hydroxylation is 1. The van der Waals surface area contributed by atoms with E-state index >= 15 is 0 Å². The second kappa shape index (κ2) is 6.70. The van der Waals surface area contributed by atoms with E-state index in [1.165, 1.54) is 19.3 Å². The van der Waals surface area contributed by atoms with Crippen LogP contribution >= 0.6 is 0 Å². The Balaban J connectivity index is 1.65. The zero-order valence-electron chi connectivity index (χ0n) is 11.6. The third kappa shape index (κ3) is 4.06. The Kier molecular flexibility index (Phi) is 4.96. The largest absolute Gasteiger partial charge is 0.376 e. The smallest absolute Gasteiger partial charge is 0.289 e. The van der Waals surface area contributed by atoms with Gasteiger partial charge in [-0.15, -0.1) is 0 Å². The molecule has 1 heterocycles. The van der Waals surface area contributed by atoms with E-state index in [9.17, 15) is 4.79 Å². The number of amides is 1. The zero-order chi connectivity index (χ0) is 13.7. The van der Waals surface area contributed by atoms with Crippen molar-refractivity contribution in [1.82, 2.24) is 10.5 Å². The third-order valence-corrected chi connectivity index (χ3v) is 3.60. The molecule has 0 aromatic carbocycles. The lowest BCUT2D eigenvalue weighted by Gasteiger charge is -2.28. The molecule has 1 aromatic heterocycles. The molecule has 0 spiro atoms. The highest BCUT2D eigenvalue weighted by Crippen LogP contribution is 2.25. The molecule has 1 N–H and O–H groups in total. The minimum atomic E-state index is -0.235. The lowest BCUT2D eigenvalue weighted by atomic mass is 9.88. The van der Waals surface area contributed by atoms with Crippen LogP contribution < -0.4 is 5.32 Å². The molecule has 5 nitrogen and oxygen atoms in total. The van der Waals surface area contributed by atoms with Gasteiger partial charge in [0.25, 0.3) is 5.91 Å². The molecule has 0 saturated heterocycles. The molecule has 5 heteroatoms. The Morgan fingerprint density at radius 1 is 1.53 bits per heavy atom. The molecule has 0 unspecified atom stereocenters. The molecule has 1 amide bonds. The lowest BCUT2D eigenvalue weighted by Crippen LogP contribution is -2.31. The number of aromatic nitrogens is 1. The van der Waals surface area contributed by atoms with E-state index in [2.05, 4.69) is 17.4 Å². The number of hydrogen-bond donors (Lipinski definition) is 1. The maximum Gasteiger partial charge on any atom is 0.289 e. The summed E-state index contributed by atoms with van der Waals surface area (Å²) >= 11 is 0. The monoisotopic (exact) mass is 266 g/mol. The number of carbonyl (C=O) groups excluding carboxylic acids is 1. The predicted octanol–water partition coefficient (Wildman–Crippen LogP) is 2.31. The molecule has 1 aromatic rings. The molecule has 1 saturated carbocycles. The highest BCUT2D eigenvalue weighted by molar-refractivity contribution is 5.91. The van der Waals surface area contributed by atoms with E-state index in [0.29, 0.717) is 30.9 Å². The lowest BCUT2D eigenvalue weighted by molar-refractivity contribution is -0.00302. The van der Waals surface area contributed by atoms with Crippen LogP contribution in [0, 0.1) is 12.8 Å². The van der Waals surface area contributed by atoms with Gasteiger partial charge in [0.15, 0.2) is 0 Å². The maximum atomic E-state index is 11.7. The summed E-state index contributed by atoms with van der Waals surface area (Å²) in [5.74, 6) is 0.644. The predicted molar refractivity (Wildman–Crippen MR) is 70.9 cm³/mol. The zero-order valence-corrected chi connectivity index (χ0v) is 11.6. The Bertz CT molecular complexity index is 417. The summed E-state index contributed by atoms with van der Waals surface area (Å²) in [6.45, 7) is 5.07. The first-order valence-electron chi connectivity index (χ1n) is 7.00. The molecule has 1 fully saturated rings. The molecule has 0 bridgehead atoms. The summed E-state index contributed by atoms with van der Waals surface area (Å²) in [6.07, 6.45) is 5.28. The summed E-state index contributed by atoms with van der Waals surface area (Å²) in [6, 6.07) is 1.62. The second-order valence-corrected chi connectivity index (χ2v) is 5.26. The van der Waals surface area contributed by atoms with E-state index in [1.807, 2.05) is 0 Å². The van der Waals surface area contributed by atoms with Gasteiger partial charge in [0.05, 0.1) is 18.4 Å². The normalized spacial score (nSPS) is 23.3. The van der Waals surface area contributed by atoms with Crippen molar-refractivity contribution in [3.05, 3.63) is 17.5 Å². The van der Waals surface area contributed by atoms with Gasteiger partial charge in [-0.05, 0) is 25.7 Å². The fourth-order valence-electron chi connectivity index (χ4n) is 2.46. The van der Waals surface area contributed by atoms with Gasteiger partial charge < -0.3 is 14.6 Å². The van der Waals surface area contributed by atoms with Crippen LogP contribution in [-0.4, -0.2) is 30.3 Å². The summed E-state index contributed by atoms with van der Waals surface area (Å²) in [5, 5.41) is 6.45. The van der Waals surface area contributed by atoms with Crippen LogP contribution in [0.15, 0.2) is 10.6 Å². The van der Waals surface area contributed by atoms with E-state index < -0.39 is 0 Å². The number of hydrogen-bond acceptors (Lipinski definition) is 4. The van der Waals surface area contributed by atoms with Crippen molar-refractivity contribution < 1.29 is 14.1 Å². The van der Waals surface area contributed by atoms with Crippen molar-refractivity contribution in [2.45, 2.75) is 45.6 Å². The van der Waals surface area contributed by atoms with Gasteiger partial charge in [-0.25, -0.2) is 0 Å². The second-order valence-electron chi connectivity index (χ2n) is 5.26. The van der Waals surface area contributed by atoms with Gasteiger partial charge >= 0.3 is 0 Å². The summed E-state index contributed by atoms with van der Waals surface area (Å²) in [7, 11) is 0. The topological polar surface area (TPSA) is 64.4 Å². The van der Waals surface area contributed by atoms with Gasteiger partial charge in [-0.1, -0.05) is 24.9 Å². The first-order chi connectivity index (χ1) is 9.16. The molecule has 1 aliphatic carbocycles. The van der Waals surface area contributed by atoms with Gasteiger partial charge in [-0.3, -0.25) is 4.79 Å². The molecule has 1 aliphatic rings. The van der Waals surface area contributed by atoms with E-state index in [-0.39, 0.29) is 11.7 Å². The fraction of sp³-hybridized carbons (Fsp3) is 0.714. The average Bonchev–Trinajstić information content (AvgIpc) is 2.83. The van der Waals surface area contributed by atoms with Crippen LogP contribution in [0.5, 0.6) is 0 Å². The first-order valence-corrected chi connectivity index (χ1v) is 7.00. The SMILES string of the molecule is Cc1cc(C(=O)NCCO[C@@H]2CCCC[C@H]2C)on1. The Labute approximate surface area is 113 Å². The highest BCUT2D eigenvalue weighted by atomic mass is 16.5. The van der Waals surface area contributed by atoms with E-state index in [0.717, 1.165) is 6.42 Å². The number of carbonyl (C=O) groups is 1. The van der Waals surface area contributed by atoms with E-state index in [1.54, 1.807) is 13.0 Å². The van der Waals surface area contributed by atoms with Crippen molar-refractivity contribution in [2.24, 2.45) is 5.92 Å². The molecule has 2 rings (SSSR count). The molecular weight excluding hydrogens is 244 g/mol. The number of nitrogens with one attached hydrogen (secondary N) is 1. The van der Waals surface area contributed by atoms with Gasteiger partial charge in [0.1, 0.15) is 0 Å². The van der Waals surface area contributed by atoms with Crippen molar-refractivity contribution in [1.29, 1.82) is 0 Å². The number of nitrogens with zero attached hydrogens (tertiary/aromatic N) is 1. The van der Waals surface area contributed by atoms with Crippen LogP contribution in [0.2, 0.25) is 0 Å². The Hall–Kier alpha value is -1.36. The molecule has 19 heavy (non-hydrogen) atoms. The van der Waals surface area contributed by atoms with Gasteiger partial charge in [0, 0.05) is 12.6 Å². The molecular formula is C14H22N2O3. The average molecular weight is 266 g/mol. The van der Waals surface area contributed by atoms with Gasteiger partial charge in [-0.2, -0.15) is 0 Å². The van der Waals surface area contributed by atoms with Crippen molar-refractivity contribution in [3.8, 4) is 0 Å².